The molecule has 3 aromatic carbocycles. The number of amides is 2. The highest BCUT2D eigenvalue weighted by Crippen LogP contribution is 2.29. The van der Waals surface area contributed by atoms with Crippen molar-refractivity contribution >= 4 is 40.9 Å². The maximum absolute atomic E-state index is 12.6. The number of hydrogen-bond acceptors (Lipinski definition) is 6. The summed E-state index contributed by atoms with van der Waals surface area (Å²) in [5.41, 5.74) is 7.85. The number of carbonyl (C=O) groups excluding carboxylic acids is 2. The molecule has 1 heterocycles. The molecule has 8 nitrogen and oxygen atoms in total. The Labute approximate surface area is 211 Å². The molecule has 0 aliphatic carbocycles. The van der Waals surface area contributed by atoms with Crippen LogP contribution in [0.5, 0.6) is 5.75 Å². The van der Waals surface area contributed by atoms with Crippen molar-refractivity contribution in [3.63, 3.8) is 0 Å². The molecule has 3 N–H and O–H groups in total. The molecule has 1 aromatic heterocycles. The zero-order valence-electron chi connectivity index (χ0n) is 18.8. The average Bonchev–Trinajstić information content (AvgIpc) is 3.28. The maximum atomic E-state index is 12.6. The minimum atomic E-state index is -0.524. The van der Waals surface area contributed by atoms with E-state index in [1.165, 1.54) is 11.8 Å². The van der Waals surface area contributed by atoms with Gasteiger partial charge in [0.1, 0.15) is 5.75 Å². The first-order valence-electron chi connectivity index (χ1n) is 10.7. The van der Waals surface area contributed by atoms with Gasteiger partial charge >= 0.3 is 0 Å². The van der Waals surface area contributed by atoms with E-state index in [1.807, 2.05) is 47.9 Å². The first-order valence-corrected chi connectivity index (χ1v) is 12.1. The quantitative estimate of drug-likeness (QED) is 0.314. The first kappa shape index (κ1) is 24.3. The molecule has 10 heteroatoms. The molecule has 0 saturated heterocycles. The van der Waals surface area contributed by atoms with Gasteiger partial charge in [-0.3, -0.25) is 14.2 Å². The third kappa shape index (κ3) is 6.00. The van der Waals surface area contributed by atoms with E-state index in [9.17, 15) is 9.59 Å². The lowest BCUT2D eigenvalue weighted by Crippen LogP contribution is -2.15. The van der Waals surface area contributed by atoms with E-state index in [-0.39, 0.29) is 11.7 Å². The predicted molar refractivity (Wildman–Crippen MR) is 137 cm³/mol. The van der Waals surface area contributed by atoms with Crippen LogP contribution in [0.4, 0.5) is 5.69 Å². The highest BCUT2D eigenvalue weighted by Gasteiger charge is 2.18. The number of halogens is 1. The Morgan fingerprint density at radius 3 is 2.31 bits per heavy atom. The number of carbonyl (C=O) groups is 2. The van der Waals surface area contributed by atoms with Crippen molar-refractivity contribution in [1.82, 2.24) is 14.8 Å². The Bertz CT molecular complexity index is 1320. The Kier molecular flexibility index (Phi) is 7.69. The highest BCUT2D eigenvalue weighted by atomic mass is 35.5. The van der Waals surface area contributed by atoms with Gasteiger partial charge in [0, 0.05) is 27.5 Å². The number of nitrogens with zero attached hydrogens (tertiary/aromatic N) is 3. The SMILES string of the molecule is CCOc1ccc(-n2c(SCC(=O)Nc3ccc(C(N)=O)cc3)nnc2-c2ccc(Cl)cc2)cc1. The second-order valence-corrected chi connectivity index (χ2v) is 8.73. The molecular weight excluding hydrogens is 486 g/mol. The van der Waals surface area contributed by atoms with Crippen molar-refractivity contribution in [1.29, 1.82) is 0 Å². The first-order chi connectivity index (χ1) is 16.9. The molecular formula is C25H22ClN5O3S. The van der Waals surface area contributed by atoms with Gasteiger partial charge in [0.05, 0.1) is 12.4 Å². The molecule has 0 radical (unpaired) electrons. The van der Waals surface area contributed by atoms with Crippen LogP contribution in [0.25, 0.3) is 17.1 Å². The molecule has 0 fully saturated rings. The summed E-state index contributed by atoms with van der Waals surface area (Å²) in [6.45, 7) is 2.50. The Hall–Kier alpha value is -3.82. The van der Waals surface area contributed by atoms with Gasteiger partial charge < -0.3 is 15.8 Å². The third-order valence-corrected chi connectivity index (χ3v) is 6.11. The molecule has 0 spiro atoms. The molecule has 35 heavy (non-hydrogen) atoms. The maximum Gasteiger partial charge on any atom is 0.248 e. The fraction of sp³-hybridized carbons (Fsp3) is 0.120. The second-order valence-electron chi connectivity index (χ2n) is 7.35. The fourth-order valence-corrected chi connectivity index (χ4v) is 4.16. The number of rotatable bonds is 9. The van der Waals surface area contributed by atoms with Crippen LogP contribution in [0.1, 0.15) is 17.3 Å². The molecule has 0 saturated carbocycles. The normalized spacial score (nSPS) is 10.7. The number of thioether (sulfide) groups is 1. The van der Waals surface area contributed by atoms with Crippen LogP contribution in [0.15, 0.2) is 78.0 Å². The molecule has 0 unspecified atom stereocenters. The summed E-state index contributed by atoms with van der Waals surface area (Å²) in [6, 6.07) is 21.3. The van der Waals surface area contributed by atoms with Crippen LogP contribution in [0.2, 0.25) is 5.02 Å². The lowest BCUT2D eigenvalue weighted by atomic mass is 10.2. The number of primary amides is 1. The van der Waals surface area contributed by atoms with Gasteiger partial charge in [-0.05, 0) is 79.7 Å². The van der Waals surface area contributed by atoms with Gasteiger partial charge in [-0.15, -0.1) is 10.2 Å². The monoisotopic (exact) mass is 507 g/mol. The Morgan fingerprint density at radius 1 is 1.00 bits per heavy atom. The topological polar surface area (TPSA) is 112 Å². The van der Waals surface area contributed by atoms with Gasteiger partial charge in [-0.1, -0.05) is 23.4 Å². The van der Waals surface area contributed by atoms with Gasteiger partial charge in [0.25, 0.3) is 0 Å². The van der Waals surface area contributed by atoms with E-state index in [2.05, 4.69) is 15.5 Å². The zero-order valence-corrected chi connectivity index (χ0v) is 20.3. The number of nitrogens with one attached hydrogen (secondary N) is 1. The number of hydrogen-bond donors (Lipinski definition) is 2. The summed E-state index contributed by atoms with van der Waals surface area (Å²) < 4.78 is 7.44. The molecule has 2 amide bonds. The number of aromatic nitrogens is 3. The van der Waals surface area contributed by atoms with Gasteiger partial charge in [-0.25, -0.2) is 0 Å². The van der Waals surface area contributed by atoms with Crippen molar-refractivity contribution < 1.29 is 14.3 Å². The number of anilines is 1. The van der Waals surface area contributed by atoms with Crippen LogP contribution in [-0.2, 0) is 4.79 Å². The number of nitrogens with two attached hydrogens (primary N) is 1. The van der Waals surface area contributed by atoms with Crippen molar-refractivity contribution in [2.75, 3.05) is 17.7 Å². The predicted octanol–water partition coefficient (Wildman–Crippen LogP) is 4.82. The number of benzene rings is 3. The summed E-state index contributed by atoms with van der Waals surface area (Å²) in [6.07, 6.45) is 0. The summed E-state index contributed by atoms with van der Waals surface area (Å²) in [5.74, 6) is 0.733. The van der Waals surface area contributed by atoms with E-state index in [0.717, 1.165) is 17.0 Å². The summed E-state index contributed by atoms with van der Waals surface area (Å²) >= 11 is 7.31. The third-order valence-electron chi connectivity index (χ3n) is 4.93. The zero-order chi connectivity index (χ0) is 24.8. The standard InChI is InChI=1S/C25H22ClN5O3S/c1-2-34-21-13-11-20(12-14-21)31-24(17-3-7-18(26)8-4-17)29-30-25(31)35-15-22(32)28-19-9-5-16(6-10-19)23(27)33/h3-14H,2,15H2,1H3,(H2,27,33)(H,28,32). The van der Waals surface area contributed by atoms with Crippen LogP contribution >= 0.6 is 23.4 Å². The van der Waals surface area contributed by atoms with E-state index < -0.39 is 5.91 Å². The minimum absolute atomic E-state index is 0.105. The fourth-order valence-electron chi connectivity index (χ4n) is 3.29. The van der Waals surface area contributed by atoms with E-state index in [1.54, 1.807) is 36.4 Å². The van der Waals surface area contributed by atoms with Gasteiger partial charge in [-0.2, -0.15) is 0 Å². The Balaban J connectivity index is 1.56. The van der Waals surface area contributed by atoms with Crippen molar-refractivity contribution in [3.8, 4) is 22.8 Å². The van der Waals surface area contributed by atoms with Gasteiger partial charge in [0.15, 0.2) is 11.0 Å². The molecule has 4 aromatic rings. The molecule has 0 atom stereocenters. The van der Waals surface area contributed by atoms with Crippen molar-refractivity contribution in [3.05, 3.63) is 83.4 Å². The van der Waals surface area contributed by atoms with Crippen LogP contribution < -0.4 is 15.8 Å². The Morgan fingerprint density at radius 2 is 1.69 bits per heavy atom. The summed E-state index contributed by atoms with van der Waals surface area (Å²) in [5, 5.41) is 12.7. The lowest BCUT2D eigenvalue weighted by Gasteiger charge is -2.12. The average molecular weight is 508 g/mol. The molecule has 0 aliphatic heterocycles. The molecule has 4 rings (SSSR count). The largest absolute Gasteiger partial charge is 0.494 e. The minimum Gasteiger partial charge on any atom is -0.494 e. The van der Waals surface area contributed by atoms with E-state index in [4.69, 9.17) is 22.1 Å². The molecule has 178 valence electrons. The van der Waals surface area contributed by atoms with Crippen LogP contribution in [0, 0.1) is 0 Å². The van der Waals surface area contributed by atoms with Gasteiger partial charge in [0.2, 0.25) is 11.8 Å². The summed E-state index contributed by atoms with van der Waals surface area (Å²) in [4.78, 5) is 23.8. The van der Waals surface area contributed by atoms with Crippen LogP contribution in [-0.4, -0.2) is 38.9 Å². The highest BCUT2D eigenvalue weighted by molar-refractivity contribution is 7.99. The van der Waals surface area contributed by atoms with E-state index in [0.29, 0.717) is 33.9 Å². The lowest BCUT2D eigenvalue weighted by molar-refractivity contribution is -0.113. The van der Waals surface area contributed by atoms with E-state index >= 15 is 0 Å². The molecule has 0 aliphatic rings. The number of ether oxygens (including phenoxy) is 1. The van der Waals surface area contributed by atoms with Crippen molar-refractivity contribution in [2.24, 2.45) is 5.73 Å². The smallest absolute Gasteiger partial charge is 0.248 e. The van der Waals surface area contributed by atoms with Crippen LogP contribution in [0.3, 0.4) is 0 Å². The summed E-state index contributed by atoms with van der Waals surface area (Å²) in [7, 11) is 0. The molecule has 0 bridgehead atoms. The second kappa shape index (κ2) is 11.1. The van der Waals surface area contributed by atoms with Crippen molar-refractivity contribution in [2.45, 2.75) is 12.1 Å².